The lowest BCUT2D eigenvalue weighted by Gasteiger charge is -2.32. The number of imidazole rings is 1. The van der Waals surface area contributed by atoms with Gasteiger partial charge in [-0.25, -0.2) is 15.0 Å². The fourth-order valence-electron chi connectivity index (χ4n) is 4.67. The van der Waals surface area contributed by atoms with Crippen molar-refractivity contribution in [1.29, 1.82) is 0 Å². The van der Waals surface area contributed by atoms with E-state index >= 15 is 0 Å². The largest absolute Gasteiger partial charge is 0.365 e. The summed E-state index contributed by atoms with van der Waals surface area (Å²) in [5, 5.41) is 3.69. The van der Waals surface area contributed by atoms with E-state index in [1.54, 1.807) is 6.92 Å². The van der Waals surface area contributed by atoms with Crippen LogP contribution in [0.5, 0.6) is 0 Å². The fourth-order valence-corrected chi connectivity index (χ4v) is 4.67. The van der Waals surface area contributed by atoms with Gasteiger partial charge >= 0.3 is 0 Å². The number of fused-ring (bicyclic) bond motifs is 1. The summed E-state index contributed by atoms with van der Waals surface area (Å²) in [6.07, 6.45) is 3.92. The molecular weight excluding hydrogens is 436 g/mol. The number of piperidine rings is 1. The molecule has 4 aromatic rings. The average Bonchev–Trinajstić information content (AvgIpc) is 3.31. The molecule has 0 bridgehead atoms. The van der Waals surface area contributed by atoms with Crippen LogP contribution in [0.1, 0.15) is 55.6 Å². The fraction of sp³-hybridized carbons (Fsp3) is 0.357. The molecule has 0 amide bonds. The minimum Gasteiger partial charge on any atom is -0.365 e. The Morgan fingerprint density at radius 1 is 1.06 bits per heavy atom. The van der Waals surface area contributed by atoms with Gasteiger partial charge in [-0.2, -0.15) is 0 Å². The van der Waals surface area contributed by atoms with Gasteiger partial charge in [-0.05, 0) is 45.2 Å². The number of carbonyl (C=O) groups is 1. The van der Waals surface area contributed by atoms with E-state index in [9.17, 15) is 4.79 Å². The van der Waals surface area contributed by atoms with Gasteiger partial charge in [-0.1, -0.05) is 48.5 Å². The van der Waals surface area contributed by atoms with Crippen molar-refractivity contribution in [3.63, 3.8) is 0 Å². The second-order valence-corrected chi connectivity index (χ2v) is 9.63. The van der Waals surface area contributed by atoms with Crippen molar-refractivity contribution in [3.05, 3.63) is 72.1 Å². The van der Waals surface area contributed by atoms with Crippen LogP contribution in [0.15, 0.2) is 60.9 Å². The van der Waals surface area contributed by atoms with Crippen LogP contribution >= 0.6 is 0 Å². The molecule has 35 heavy (non-hydrogen) atoms. The zero-order valence-electron chi connectivity index (χ0n) is 20.6. The number of aromatic nitrogens is 4. The number of carbonyl (C=O) groups excluding carboxylic acids is 1. The summed E-state index contributed by atoms with van der Waals surface area (Å²) in [6.45, 7) is 8.88. The maximum Gasteiger partial charge on any atom is 0.166 e. The molecule has 5 rings (SSSR count). The first-order valence-electron chi connectivity index (χ1n) is 12.4. The number of Topliss-reactive ketones (excluding diaryl/α,β-unsaturated/α-hetero) is 1. The van der Waals surface area contributed by atoms with Crippen LogP contribution in [0.4, 0.5) is 5.82 Å². The summed E-state index contributed by atoms with van der Waals surface area (Å²) in [7, 11) is 0. The van der Waals surface area contributed by atoms with E-state index in [2.05, 4.69) is 63.9 Å². The first-order chi connectivity index (χ1) is 17.0. The predicted octanol–water partition coefficient (Wildman–Crippen LogP) is 5.35. The molecule has 2 aromatic carbocycles. The first kappa shape index (κ1) is 23.2. The Balaban J connectivity index is 1.40. The highest BCUT2D eigenvalue weighted by molar-refractivity contribution is 5.95. The maximum atomic E-state index is 11.9. The van der Waals surface area contributed by atoms with Crippen molar-refractivity contribution in [2.24, 2.45) is 0 Å². The Kier molecular flexibility index (Phi) is 6.59. The molecule has 0 spiro atoms. The summed E-state index contributed by atoms with van der Waals surface area (Å²) in [5.41, 5.74) is 4.44. The molecule has 1 N–H and O–H groups in total. The molecule has 0 unspecified atom stereocenters. The smallest absolute Gasteiger partial charge is 0.166 e. The van der Waals surface area contributed by atoms with Crippen LogP contribution in [0, 0.1) is 0 Å². The zero-order chi connectivity index (χ0) is 24.4. The molecular formula is C28H32N6O. The quantitative estimate of drug-likeness (QED) is 0.368. The summed E-state index contributed by atoms with van der Waals surface area (Å²) in [6, 6.07) is 18.7. The van der Waals surface area contributed by atoms with Gasteiger partial charge in [0.2, 0.25) is 0 Å². The summed E-state index contributed by atoms with van der Waals surface area (Å²) in [4.78, 5) is 28.9. The standard InChI is InChI=1S/C28H32N6O/c1-19(2)34-18-29-25-27(30-24-12-14-33(15-13-24)17-21-8-5-4-6-9-21)31-26(32-28(25)34)23-11-7-10-22(16-23)20(3)35/h4-11,16,18-19,24H,12-15,17H2,1-3H3,(H,30,31,32). The van der Waals surface area contributed by atoms with Gasteiger partial charge in [0.15, 0.2) is 23.1 Å². The highest BCUT2D eigenvalue weighted by atomic mass is 16.1. The van der Waals surface area contributed by atoms with E-state index < -0.39 is 0 Å². The molecule has 0 aliphatic carbocycles. The molecule has 1 fully saturated rings. The van der Waals surface area contributed by atoms with Crippen LogP contribution in [0.3, 0.4) is 0 Å². The van der Waals surface area contributed by atoms with Crippen LogP contribution in [-0.4, -0.2) is 49.3 Å². The number of likely N-dealkylation sites (tertiary alicyclic amines) is 1. The molecule has 180 valence electrons. The van der Waals surface area contributed by atoms with Gasteiger partial charge in [0.25, 0.3) is 0 Å². The molecule has 0 radical (unpaired) electrons. The molecule has 0 saturated carbocycles. The van der Waals surface area contributed by atoms with Crippen molar-refractivity contribution < 1.29 is 4.79 Å². The SMILES string of the molecule is CC(=O)c1cccc(-c2nc(NC3CCN(Cc4ccccc4)CC3)c3ncn(C(C)C)c3n2)c1. The van der Waals surface area contributed by atoms with Crippen LogP contribution in [-0.2, 0) is 6.54 Å². The third-order valence-electron chi connectivity index (χ3n) is 6.68. The Labute approximate surface area is 206 Å². The minimum atomic E-state index is 0.0285. The number of ketones is 1. The molecule has 0 atom stereocenters. The van der Waals surface area contributed by atoms with Crippen LogP contribution in [0.25, 0.3) is 22.6 Å². The summed E-state index contributed by atoms with van der Waals surface area (Å²) < 4.78 is 2.07. The second-order valence-electron chi connectivity index (χ2n) is 9.63. The monoisotopic (exact) mass is 468 g/mol. The predicted molar refractivity (Wildman–Crippen MR) is 140 cm³/mol. The van der Waals surface area contributed by atoms with Crippen molar-refractivity contribution in [2.45, 2.75) is 52.2 Å². The second kappa shape index (κ2) is 9.96. The lowest BCUT2D eigenvalue weighted by atomic mass is 10.0. The van der Waals surface area contributed by atoms with Gasteiger partial charge in [-0.15, -0.1) is 0 Å². The molecule has 2 aromatic heterocycles. The number of nitrogens with zero attached hydrogens (tertiary/aromatic N) is 5. The van der Waals surface area contributed by atoms with E-state index in [0.717, 1.165) is 55.0 Å². The summed E-state index contributed by atoms with van der Waals surface area (Å²) in [5.74, 6) is 1.40. The van der Waals surface area contributed by atoms with Gasteiger partial charge in [0.05, 0.1) is 6.33 Å². The van der Waals surface area contributed by atoms with Crippen molar-refractivity contribution in [3.8, 4) is 11.4 Å². The van der Waals surface area contributed by atoms with Gasteiger partial charge in [0, 0.05) is 42.8 Å². The number of rotatable bonds is 7. The molecule has 1 aliphatic heterocycles. The molecule has 3 heterocycles. The van der Waals surface area contributed by atoms with Crippen molar-refractivity contribution in [2.75, 3.05) is 18.4 Å². The molecule has 1 saturated heterocycles. The van der Waals surface area contributed by atoms with E-state index in [1.807, 2.05) is 30.6 Å². The van der Waals surface area contributed by atoms with E-state index in [1.165, 1.54) is 5.56 Å². The van der Waals surface area contributed by atoms with Crippen molar-refractivity contribution in [1.82, 2.24) is 24.4 Å². The number of nitrogens with one attached hydrogen (secondary N) is 1. The van der Waals surface area contributed by atoms with Gasteiger partial charge in [-0.3, -0.25) is 9.69 Å². The molecule has 1 aliphatic rings. The molecule has 7 heteroatoms. The van der Waals surface area contributed by atoms with E-state index in [0.29, 0.717) is 17.4 Å². The third kappa shape index (κ3) is 5.10. The van der Waals surface area contributed by atoms with E-state index in [-0.39, 0.29) is 11.8 Å². The number of anilines is 1. The lowest BCUT2D eigenvalue weighted by molar-refractivity contribution is 0.101. The Bertz CT molecular complexity index is 1320. The topological polar surface area (TPSA) is 75.9 Å². The Hall–Kier alpha value is -3.58. The normalized spacial score (nSPS) is 15.1. The Morgan fingerprint density at radius 3 is 2.54 bits per heavy atom. The zero-order valence-corrected chi connectivity index (χ0v) is 20.6. The van der Waals surface area contributed by atoms with Crippen LogP contribution < -0.4 is 5.32 Å². The highest BCUT2D eigenvalue weighted by Gasteiger charge is 2.22. The van der Waals surface area contributed by atoms with Gasteiger partial charge < -0.3 is 9.88 Å². The summed E-state index contributed by atoms with van der Waals surface area (Å²) >= 11 is 0. The number of benzene rings is 2. The number of hydrogen-bond acceptors (Lipinski definition) is 6. The minimum absolute atomic E-state index is 0.0285. The highest BCUT2D eigenvalue weighted by Crippen LogP contribution is 2.28. The Morgan fingerprint density at radius 2 is 1.83 bits per heavy atom. The van der Waals surface area contributed by atoms with Crippen LogP contribution in [0.2, 0.25) is 0 Å². The molecule has 7 nitrogen and oxygen atoms in total. The third-order valence-corrected chi connectivity index (χ3v) is 6.68. The van der Waals surface area contributed by atoms with Crippen molar-refractivity contribution >= 4 is 22.8 Å². The van der Waals surface area contributed by atoms with E-state index in [4.69, 9.17) is 9.97 Å². The number of hydrogen-bond donors (Lipinski definition) is 1. The lowest BCUT2D eigenvalue weighted by Crippen LogP contribution is -2.38. The average molecular weight is 469 g/mol. The maximum absolute atomic E-state index is 11.9. The van der Waals surface area contributed by atoms with Gasteiger partial charge in [0.1, 0.15) is 5.52 Å². The first-order valence-corrected chi connectivity index (χ1v) is 12.4.